The Morgan fingerprint density at radius 2 is 2.12 bits per heavy atom. The second-order valence-electron chi connectivity index (χ2n) is 3.18. The monoisotopic (exact) mass is 252 g/mol. The van der Waals surface area contributed by atoms with E-state index in [4.69, 9.17) is 28.6 Å². The number of H-pyrrole nitrogens is 1. The van der Waals surface area contributed by atoms with E-state index in [-0.39, 0.29) is 0 Å². The fraction of sp³-hybridized carbons (Fsp3) is 0.0909. The maximum Gasteiger partial charge on any atom is 0.138 e. The fourth-order valence-corrected chi connectivity index (χ4v) is 1.75. The molecule has 2 aromatic rings. The van der Waals surface area contributed by atoms with Gasteiger partial charge in [0.05, 0.1) is 18.3 Å². The normalized spacial score (nSPS) is 10.1. The molecular weight excluding hydrogens is 244 g/mol. The van der Waals surface area contributed by atoms with Gasteiger partial charge in [-0.25, -0.2) is 0 Å². The van der Waals surface area contributed by atoms with Crippen LogP contribution in [-0.2, 0) is 0 Å². The van der Waals surface area contributed by atoms with Crippen molar-refractivity contribution in [3.8, 4) is 16.9 Å². The summed E-state index contributed by atoms with van der Waals surface area (Å²) in [5.74, 6) is 0.637. The third kappa shape index (κ3) is 2.23. The number of hydrogen-bond donors (Lipinski definition) is 1. The van der Waals surface area contributed by atoms with Gasteiger partial charge in [0.2, 0.25) is 0 Å². The number of aromatic nitrogens is 2. The van der Waals surface area contributed by atoms with Gasteiger partial charge in [0.25, 0.3) is 0 Å². The van der Waals surface area contributed by atoms with Gasteiger partial charge in [-0.3, -0.25) is 5.10 Å². The highest BCUT2D eigenvalue weighted by molar-refractivity contribution is 7.71. The third-order valence-electron chi connectivity index (χ3n) is 2.15. The van der Waals surface area contributed by atoms with E-state index in [1.165, 1.54) is 0 Å². The van der Waals surface area contributed by atoms with E-state index in [0.717, 1.165) is 11.1 Å². The van der Waals surface area contributed by atoms with Gasteiger partial charge in [-0.1, -0.05) is 29.9 Å². The van der Waals surface area contributed by atoms with Gasteiger partial charge < -0.3 is 4.74 Å². The topological polar surface area (TPSA) is 37.9 Å². The van der Waals surface area contributed by atoms with Crippen LogP contribution in [0.25, 0.3) is 11.1 Å². The van der Waals surface area contributed by atoms with Crippen LogP contribution < -0.4 is 4.74 Å². The fourth-order valence-electron chi connectivity index (χ4n) is 1.37. The zero-order chi connectivity index (χ0) is 11.5. The largest absolute Gasteiger partial charge is 0.495 e. The van der Waals surface area contributed by atoms with Gasteiger partial charge >= 0.3 is 0 Å². The summed E-state index contributed by atoms with van der Waals surface area (Å²) in [4.78, 5) is 0. The van der Waals surface area contributed by atoms with E-state index in [1.54, 1.807) is 19.4 Å². The lowest BCUT2D eigenvalue weighted by Gasteiger charge is -2.06. The second kappa shape index (κ2) is 4.63. The standard InChI is InChI=1S/C11H9ClN2OS/c1-15-10-4-7(2-3-9(10)12)8-5-11(16)14-13-6-8/h2-6H,1H3,(H,14,16). The summed E-state index contributed by atoms with van der Waals surface area (Å²) in [6.07, 6.45) is 1.71. The summed E-state index contributed by atoms with van der Waals surface area (Å²) in [5.41, 5.74) is 1.90. The van der Waals surface area contributed by atoms with E-state index in [9.17, 15) is 0 Å². The molecule has 0 bridgehead atoms. The molecule has 0 aliphatic heterocycles. The highest BCUT2D eigenvalue weighted by Gasteiger charge is 2.04. The van der Waals surface area contributed by atoms with Gasteiger partial charge in [0.1, 0.15) is 10.4 Å². The number of benzene rings is 1. The first kappa shape index (κ1) is 11.1. The van der Waals surface area contributed by atoms with Crippen LogP contribution in [0, 0.1) is 4.64 Å². The van der Waals surface area contributed by atoms with Crippen LogP contribution in [0.3, 0.4) is 0 Å². The molecule has 5 heteroatoms. The first-order valence-electron chi connectivity index (χ1n) is 4.59. The lowest BCUT2D eigenvalue weighted by Crippen LogP contribution is -1.87. The molecule has 0 atom stereocenters. The predicted molar refractivity (Wildman–Crippen MR) is 66.4 cm³/mol. The lowest BCUT2D eigenvalue weighted by molar-refractivity contribution is 0.415. The molecule has 3 nitrogen and oxygen atoms in total. The molecule has 0 spiro atoms. The molecule has 82 valence electrons. The van der Waals surface area contributed by atoms with Crippen LogP contribution >= 0.6 is 23.8 Å². The summed E-state index contributed by atoms with van der Waals surface area (Å²) < 4.78 is 5.74. The van der Waals surface area contributed by atoms with Crippen LogP contribution in [0.5, 0.6) is 5.75 Å². The van der Waals surface area contributed by atoms with Crippen LogP contribution in [0.15, 0.2) is 30.5 Å². The minimum atomic E-state index is 0.584. The number of aromatic amines is 1. The van der Waals surface area contributed by atoms with Crippen molar-refractivity contribution in [2.75, 3.05) is 7.11 Å². The highest BCUT2D eigenvalue weighted by atomic mass is 35.5. The summed E-state index contributed by atoms with van der Waals surface area (Å²) in [7, 11) is 1.58. The molecule has 0 aliphatic rings. The van der Waals surface area contributed by atoms with Crippen molar-refractivity contribution in [1.29, 1.82) is 0 Å². The van der Waals surface area contributed by atoms with E-state index < -0.39 is 0 Å². The van der Waals surface area contributed by atoms with E-state index in [1.807, 2.05) is 18.2 Å². The number of nitrogens with one attached hydrogen (secondary N) is 1. The number of hydrogen-bond acceptors (Lipinski definition) is 3. The van der Waals surface area contributed by atoms with Crippen molar-refractivity contribution in [3.05, 3.63) is 40.1 Å². The average molecular weight is 253 g/mol. The number of halogens is 1. The quantitative estimate of drug-likeness (QED) is 0.832. The van der Waals surface area contributed by atoms with E-state index in [2.05, 4.69) is 10.2 Å². The third-order valence-corrected chi connectivity index (χ3v) is 2.67. The van der Waals surface area contributed by atoms with Crippen molar-refractivity contribution in [2.45, 2.75) is 0 Å². The Balaban J connectivity index is 2.52. The van der Waals surface area contributed by atoms with Gasteiger partial charge in [-0.05, 0) is 23.8 Å². The van der Waals surface area contributed by atoms with Crippen molar-refractivity contribution in [1.82, 2.24) is 10.2 Å². The molecule has 0 amide bonds. The van der Waals surface area contributed by atoms with Crippen LogP contribution in [0.4, 0.5) is 0 Å². The SMILES string of the molecule is COc1cc(-c2cn[nH]c(=S)c2)ccc1Cl. The van der Waals surface area contributed by atoms with E-state index >= 15 is 0 Å². The molecule has 1 aromatic carbocycles. The maximum absolute atomic E-state index is 5.95. The highest BCUT2D eigenvalue weighted by Crippen LogP contribution is 2.29. The van der Waals surface area contributed by atoms with Crippen molar-refractivity contribution < 1.29 is 4.74 Å². The Labute approximate surface area is 103 Å². The molecular formula is C11H9ClN2OS. The minimum Gasteiger partial charge on any atom is -0.495 e. The van der Waals surface area contributed by atoms with E-state index in [0.29, 0.717) is 15.4 Å². The lowest BCUT2D eigenvalue weighted by atomic mass is 10.1. The van der Waals surface area contributed by atoms with Crippen LogP contribution in [0.1, 0.15) is 0 Å². The molecule has 1 N–H and O–H groups in total. The van der Waals surface area contributed by atoms with Gasteiger partial charge in [0, 0.05) is 5.56 Å². The molecule has 16 heavy (non-hydrogen) atoms. The summed E-state index contributed by atoms with van der Waals surface area (Å²) >= 11 is 11.0. The molecule has 1 aromatic heterocycles. The molecule has 0 radical (unpaired) electrons. The summed E-state index contributed by atoms with van der Waals surface area (Å²) in [6.45, 7) is 0. The summed E-state index contributed by atoms with van der Waals surface area (Å²) in [5, 5.41) is 7.21. The van der Waals surface area contributed by atoms with Crippen molar-refractivity contribution in [3.63, 3.8) is 0 Å². The zero-order valence-corrected chi connectivity index (χ0v) is 10.1. The molecule has 1 heterocycles. The first-order valence-corrected chi connectivity index (χ1v) is 5.38. The Morgan fingerprint density at radius 1 is 1.31 bits per heavy atom. The molecule has 2 rings (SSSR count). The second-order valence-corrected chi connectivity index (χ2v) is 4.03. The van der Waals surface area contributed by atoms with Crippen LogP contribution in [0.2, 0.25) is 5.02 Å². The molecule has 0 aliphatic carbocycles. The molecule has 0 saturated heterocycles. The average Bonchev–Trinajstić information content (AvgIpc) is 2.29. The molecule has 0 fully saturated rings. The summed E-state index contributed by atoms with van der Waals surface area (Å²) in [6, 6.07) is 7.38. The van der Waals surface area contributed by atoms with Crippen molar-refractivity contribution >= 4 is 23.8 Å². The predicted octanol–water partition coefficient (Wildman–Crippen LogP) is 3.47. The van der Waals surface area contributed by atoms with Gasteiger partial charge in [-0.15, -0.1) is 0 Å². The van der Waals surface area contributed by atoms with Crippen LogP contribution in [-0.4, -0.2) is 17.3 Å². The number of methoxy groups -OCH3 is 1. The van der Waals surface area contributed by atoms with Crippen molar-refractivity contribution in [2.24, 2.45) is 0 Å². The first-order chi connectivity index (χ1) is 7.70. The zero-order valence-electron chi connectivity index (χ0n) is 8.53. The Morgan fingerprint density at radius 3 is 2.81 bits per heavy atom. The Bertz CT molecular complexity index is 568. The number of rotatable bonds is 2. The van der Waals surface area contributed by atoms with Gasteiger partial charge in [-0.2, -0.15) is 5.10 Å². The Kier molecular flexibility index (Phi) is 3.22. The maximum atomic E-state index is 5.95. The number of nitrogens with zero attached hydrogens (tertiary/aromatic N) is 1. The number of ether oxygens (including phenoxy) is 1. The molecule has 0 saturated carbocycles. The Hall–Kier alpha value is -1.39. The van der Waals surface area contributed by atoms with Gasteiger partial charge in [0.15, 0.2) is 0 Å². The smallest absolute Gasteiger partial charge is 0.138 e. The minimum absolute atomic E-state index is 0.584. The molecule has 0 unspecified atom stereocenters.